The molecule has 132 valence electrons. The first kappa shape index (κ1) is 17.8. The molecule has 0 radical (unpaired) electrons. The number of nitrogens with one attached hydrogen (secondary N) is 1. The maximum absolute atomic E-state index is 12.9. The largest absolute Gasteiger partial charge is 0.273 e. The molecule has 3 aromatic rings. The second kappa shape index (κ2) is 7.93. The molecule has 3 rings (SSSR count). The first-order valence-corrected chi connectivity index (χ1v) is 8.29. The van der Waals surface area contributed by atoms with E-state index in [-0.39, 0.29) is 18.1 Å². The van der Waals surface area contributed by atoms with E-state index in [0.29, 0.717) is 22.0 Å². The minimum absolute atomic E-state index is 0.105. The highest BCUT2D eigenvalue weighted by Crippen LogP contribution is 2.21. The SMILES string of the molecule is Cc1nn(-c2ccccc2)c(Cl)c1/C=N\NC(=O)Cc1ccc(F)cc1. The van der Waals surface area contributed by atoms with Crippen LogP contribution in [-0.4, -0.2) is 21.9 Å². The van der Waals surface area contributed by atoms with Crippen molar-refractivity contribution in [2.24, 2.45) is 5.10 Å². The van der Waals surface area contributed by atoms with E-state index in [0.717, 1.165) is 5.69 Å². The standard InChI is InChI=1S/C19H16ClFN4O/c1-13-17(19(20)25(24-13)16-5-3-2-4-6-16)12-22-23-18(26)11-14-7-9-15(21)10-8-14/h2-10,12H,11H2,1H3,(H,23,26)/b22-12-. The Kier molecular flexibility index (Phi) is 5.43. The number of carbonyl (C=O) groups is 1. The minimum atomic E-state index is -0.340. The summed E-state index contributed by atoms with van der Waals surface area (Å²) in [5, 5.41) is 8.75. The molecule has 1 heterocycles. The maximum Gasteiger partial charge on any atom is 0.244 e. The van der Waals surface area contributed by atoms with E-state index in [1.54, 1.807) is 16.8 Å². The fourth-order valence-electron chi connectivity index (χ4n) is 2.39. The molecule has 0 saturated heterocycles. The summed E-state index contributed by atoms with van der Waals surface area (Å²) in [4.78, 5) is 11.9. The van der Waals surface area contributed by atoms with Gasteiger partial charge in [0.15, 0.2) is 0 Å². The van der Waals surface area contributed by atoms with Crippen molar-refractivity contribution in [3.63, 3.8) is 0 Å². The molecule has 26 heavy (non-hydrogen) atoms. The molecule has 0 unspecified atom stereocenters. The lowest BCUT2D eigenvalue weighted by Crippen LogP contribution is -2.19. The number of hydrogen-bond donors (Lipinski definition) is 1. The lowest BCUT2D eigenvalue weighted by molar-refractivity contribution is -0.120. The zero-order valence-electron chi connectivity index (χ0n) is 14.0. The zero-order valence-corrected chi connectivity index (χ0v) is 14.7. The van der Waals surface area contributed by atoms with Gasteiger partial charge in [-0.3, -0.25) is 4.79 Å². The average molecular weight is 371 g/mol. The van der Waals surface area contributed by atoms with Crippen LogP contribution in [0.25, 0.3) is 5.69 Å². The zero-order chi connectivity index (χ0) is 18.5. The Labute approximate surface area is 155 Å². The minimum Gasteiger partial charge on any atom is -0.273 e. The van der Waals surface area contributed by atoms with Crippen LogP contribution in [0.4, 0.5) is 4.39 Å². The van der Waals surface area contributed by atoms with E-state index in [2.05, 4.69) is 15.6 Å². The number of halogens is 2. The fraction of sp³-hybridized carbons (Fsp3) is 0.105. The van der Waals surface area contributed by atoms with Gasteiger partial charge in [0, 0.05) is 0 Å². The van der Waals surface area contributed by atoms with Crippen molar-refractivity contribution in [1.82, 2.24) is 15.2 Å². The molecule has 0 fully saturated rings. The molecule has 7 heteroatoms. The van der Waals surface area contributed by atoms with Gasteiger partial charge in [-0.05, 0) is 36.8 Å². The Morgan fingerprint density at radius 3 is 2.62 bits per heavy atom. The smallest absolute Gasteiger partial charge is 0.244 e. The summed E-state index contributed by atoms with van der Waals surface area (Å²) in [7, 11) is 0. The van der Waals surface area contributed by atoms with Crippen LogP contribution in [0.2, 0.25) is 5.15 Å². The van der Waals surface area contributed by atoms with Gasteiger partial charge < -0.3 is 0 Å². The average Bonchev–Trinajstić information content (AvgIpc) is 2.92. The van der Waals surface area contributed by atoms with Crippen molar-refractivity contribution in [3.8, 4) is 5.69 Å². The lowest BCUT2D eigenvalue weighted by atomic mass is 10.1. The number of para-hydroxylation sites is 1. The third-order valence-corrected chi connectivity index (χ3v) is 4.07. The van der Waals surface area contributed by atoms with Crippen LogP contribution in [0.15, 0.2) is 59.7 Å². The first-order valence-electron chi connectivity index (χ1n) is 7.91. The van der Waals surface area contributed by atoms with Crippen molar-refractivity contribution >= 4 is 23.7 Å². The van der Waals surface area contributed by atoms with Crippen molar-refractivity contribution < 1.29 is 9.18 Å². The van der Waals surface area contributed by atoms with E-state index in [1.807, 2.05) is 37.3 Å². The lowest BCUT2D eigenvalue weighted by Gasteiger charge is -2.02. The molecule has 1 aromatic heterocycles. The van der Waals surface area contributed by atoms with E-state index >= 15 is 0 Å². The van der Waals surface area contributed by atoms with Crippen molar-refractivity contribution in [2.45, 2.75) is 13.3 Å². The summed E-state index contributed by atoms with van der Waals surface area (Å²) >= 11 is 6.39. The Morgan fingerprint density at radius 1 is 1.23 bits per heavy atom. The summed E-state index contributed by atoms with van der Waals surface area (Å²) in [5.41, 5.74) is 5.28. The Hall–Kier alpha value is -2.99. The molecular weight excluding hydrogens is 355 g/mol. The number of aromatic nitrogens is 2. The van der Waals surface area contributed by atoms with Crippen LogP contribution in [0.5, 0.6) is 0 Å². The van der Waals surface area contributed by atoms with Gasteiger partial charge in [0.1, 0.15) is 11.0 Å². The fourth-order valence-corrected chi connectivity index (χ4v) is 2.72. The first-order chi connectivity index (χ1) is 12.5. The molecule has 0 aliphatic carbocycles. The topological polar surface area (TPSA) is 59.3 Å². The van der Waals surface area contributed by atoms with Gasteiger partial charge >= 0.3 is 0 Å². The number of benzene rings is 2. The highest BCUT2D eigenvalue weighted by atomic mass is 35.5. The van der Waals surface area contributed by atoms with Gasteiger partial charge in [0.25, 0.3) is 0 Å². The van der Waals surface area contributed by atoms with E-state index in [1.165, 1.54) is 18.3 Å². The molecule has 5 nitrogen and oxygen atoms in total. The van der Waals surface area contributed by atoms with Crippen molar-refractivity contribution in [3.05, 3.63) is 82.4 Å². The Balaban J connectivity index is 1.68. The van der Waals surface area contributed by atoms with Crippen molar-refractivity contribution in [2.75, 3.05) is 0 Å². The predicted octanol–water partition coefficient (Wildman–Crippen LogP) is 3.67. The Bertz CT molecular complexity index is 936. The summed E-state index contributed by atoms with van der Waals surface area (Å²) in [6.07, 6.45) is 1.57. The molecule has 0 aliphatic heterocycles. The summed E-state index contributed by atoms with van der Waals surface area (Å²) in [6.45, 7) is 1.81. The summed E-state index contributed by atoms with van der Waals surface area (Å²) < 4.78 is 14.5. The van der Waals surface area contributed by atoms with Crippen LogP contribution < -0.4 is 5.43 Å². The number of amides is 1. The van der Waals surface area contributed by atoms with E-state index in [4.69, 9.17) is 11.6 Å². The van der Waals surface area contributed by atoms with Gasteiger partial charge in [-0.2, -0.15) is 10.2 Å². The second-order valence-corrected chi connectivity index (χ2v) is 5.99. The molecule has 0 saturated carbocycles. The predicted molar refractivity (Wildman–Crippen MR) is 99.2 cm³/mol. The van der Waals surface area contributed by atoms with Crippen LogP contribution in [0.3, 0.4) is 0 Å². The number of aryl methyl sites for hydroxylation is 1. The monoisotopic (exact) mass is 370 g/mol. The summed E-state index contributed by atoms with van der Waals surface area (Å²) in [6, 6.07) is 15.2. The summed E-state index contributed by atoms with van der Waals surface area (Å²) in [5.74, 6) is -0.648. The molecule has 1 amide bonds. The normalized spacial score (nSPS) is 11.0. The molecule has 0 spiro atoms. The third-order valence-electron chi connectivity index (χ3n) is 3.71. The van der Waals surface area contributed by atoms with Crippen LogP contribution in [0.1, 0.15) is 16.8 Å². The number of nitrogens with zero attached hydrogens (tertiary/aromatic N) is 3. The second-order valence-electron chi connectivity index (χ2n) is 5.63. The quantitative estimate of drug-likeness (QED) is 0.550. The van der Waals surface area contributed by atoms with Crippen LogP contribution >= 0.6 is 11.6 Å². The maximum atomic E-state index is 12.9. The van der Waals surface area contributed by atoms with Crippen LogP contribution in [0, 0.1) is 12.7 Å². The van der Waals surface area contributed by atoms with Gasteiger partial charge in [-0.25, -0.2) is 14.5 Å². The Morgan fingerprint density at radius 2 is 1.92 bits per heavy atom. The van der Waals surface area contributed by atoms with Gasteiger partial charge in [-0.1, -0.05) is 41.9 Å². The number of hydrazone groups is 1. The van der Waals surface area contributed by atoms with Gasteiger partial charge in [0.2, 0.25) is 5.91 Å². The molecule has 0 atom stereocenters. The van der Waals surface area contributed by atoms with E-state index < -0.39 is 0 Å². The number of carbonyl (C=O) groups excluding carboxylic acids is 1. The molecule has 1 N–H and O–H groups in total. The molecule has 2 aromatic carbocycles. The molecular formula is C19H16ClFN4O. The van der Waals surface area contributed by atoms with Crippen molar-refractivity contribution in [1.29, 1.82) is 0 Å². The highest BCUT2D eigenvalue weighted by molar-refractivity contribution is 6.32. The molecule has 0 bridgehead atoms. The van der Waals surface area contributed by atoms with Gasteiger partial charge in [0.05, 0.1) is 29.6 Å². The third kappa shape index (κ3) is 4.15. The number of rotatable bonds is 5. The highest BCUT2D eigenvalue weighted by Gasteiger charge is 2.13. The van der Waals surface area contributed by atoms with Crippen LogP contribution in [-0.2, 0) is 11.2 Å². The molecule has 0 aliphatic rings. The number of hydrogen-bond acceptors (Lipinski definition) is 3. The van der Waals surface area contributed by atoms with Gasteiger partial charge in [-0.15, -0.1) is 0 Å². The van der Waals surface area contributed by atoms with E-state index in [9.17, 15) is 9.18 Å².